The molecule has 0 saturated heterocycles. The summed E-state index contributed by atoms with van der Waals surface area (Å²) in [4.78, 5) is 0. The first-order valence-electron chi connectivity index (χ1n) is 16.2. The molecular formula is C44H28N4. The molecule has 4 nitrogen and oxygen atoms in total. The maximum absolute atomic E-state index is 10.3. The first kappa shape index (κ1) is 27.7. The zero-order chi connectivity index (χ0) is 32.2. The Morgan fingerprint density at radius 1 is 0.562 bits per heavy atom. The standard InChI is InChI=1S/C44H28N4/c45-27-29-24-31(26-32(25-29)47-42-22-10-6-18-38(42)44-30(28-46)12-11-23-43(44)47)33-13-1-2-14-34(33)35-15-3-7-19-39(35)48-40-20-8-4-16-36(40)37-17-5-9-21-41(37)48/h1-8,10-20,22-26H,9,21H2. The molecule has 0 radical (unpaired) electrons. The van der Waals surface area contributed by atoms with Crippen LogP contribution in [0.15, 0.2) is 140 Å². The highest BCUT2D eigenvalue weighted by Crippen LogP contribution is 2.41. The molecule has 1 aliphatic rings. The first-order valence-corrected chi connectivity index (χ1v) is 16.2. The molecule has 224 valence electrons. The zero-order valence-electron chi connectivity index (χ0n) is 26.1. The molecule has 8 aromatic rings. The minimum Gasteiger partial charge on any atom is -0.312 e. The number of hydrogen-bond acceptors (Lipinski definition) is 2. The zero-order valence-corrected chi connectivity index (χ0v) is 26.1. The molecule has 0 bridgehead atoms. The van der Waals surface area contributed by atoms with Crippen molar-refractivity contribution in [3.63, 3.8) is 0 Å². The van der Waals surface area contributed by atoms with Crippen LogP contribution in [0.4, 0.5) is 0 Å². The number of nitrogens with zero attached hydrogens (tertiary/aromatic N) is 4. The molecule has 6 aromatic carbocycles. The van der Waals surface area contributed by atoms with Crippen molar-refractivity contribution in [2.75, 3.05) is 0 Å². The van der Waals surface area contributed by atoms with Crippen LogP contribution in [0.1, 0.15) is 28.8 Å². The summed E-state index contributed by atoms with van der Waals surface area (Å²) in [6.07, 6.45) is 6.55. The number of nitriles is 2. The van der Waals surface area contributed by atoms with Gasteiger partial charge in [0.25, 0.3) is 0 Å². The van der Waals surface area contributed by atoms with Gasteiger partial charge in [0.1, 0.15) is 0 Å². The van der Waals surface area contributed by atoms with Crippen LogP contribution in [-0.2, 0) is 6.42 Å². The van der Waals surface area contributed by atoms with E-state index in [4.69, 9.17) is 0 Å². The van der Waals surface area contributed by atoms with Gasteiger partial charge in [0.15, 0.2) is 0 Å². The second kappa shape index (κ2) is 11.0. The van der Waals surface area contributed by atoms with E-state index in [2.05, 4.69) is 130 Å². The highest BCUT2D eigenvalue weighted by Gasteiger charge is 2.22. The molecule has 0 fully saturated rings. The Labute approximate surface area is 278 Å². The average Bonchev–Trinajstić information content (AvgIpc) is 3.68. The van der Waals surface area contributed by atoms with Gasteiger partial charge in [-0.25, -0.2) is 0 Å². The fourth-order valence-electron chi connectivity index (χ4n) is 7.66. The molecule has 0 aliphatic heterocycles. The van der Waals surface area contributed by atoms with Crippen molar-refractivity contribution < 1.29 is 0 Å². The number of para-hydroxylation sites is 3. The Kier molecular flexibility index (Phi) is 6.35. The van der Waals surface area contributed by atoms with E-state index in [1.165, 1.54) is 22.2 Å². The second-order valence-corrected chi connectivity index (χ2v) is 12.3. The molecule has 2 heterocycles. The molecule has 1 aliphatic carbocycles. The van der Waals surface area contributed by atoms with Gasteiger partial charge in [-0.3, -0.25) is 0 Å². The fraction of sp³-hybridized carbons (Fsp3) is 0.0455. The van der Waals surface area contributed by atoms with Gasteiger partial charge in [-0.05, 0) is 78.1 Å². The third kappa shape index (κ3) is 4.14. The molecule has 48 heavy (non-hydrogen) atoms. The van der Waals surface area contributed by atoms with Crippen LogP contribution in [0.5, 0.6) is 0 Å². The molecule has 0 amide bonds. The summed E-state index contributed by atoms with van der Waals surface area (Å²) in [6, 6.07) is 50.8. The molecule has 0 saturated carbocycles. The lowest BCUT2D eigenvalue weighted by atomic mass is 9.92. The number of rotatable bonds is 4. The molecule has 0 atom stereocenters. The van der Waals surface area contributed by atoms with Crippen molar-refractivity contribution in [1.29, 1.82) is 10.5 Å². The van der Waals surface area contributed by atoms with E-state index in [9.17, 15) is 10.5 Å². The summed E-state index contributed by atoms with van der Waals surface area (Å²) >= 11 is 0. The third-order valence-corrected chi connectivity index (χ3v) is 9.64. The molecule has 2 aromatic heterocycles. The monoisotopic (exact) mass is 612 g/mol. The van der Waals surface area contributed by atoms with E-state index in [0.29, 0.717) is 11.1 Å². The summed E-state index contributed by atoms with van der Waals surface area (Å²) in [5.74, 6) is 0. The summed E-state index contributed by atoms with van der Waals surface area (Å²) in [5.41, 5.74) is 13.2. The molecule has 9 rings (SSSR count). The quantitative estimate of drug-likeness (QED) is 0.199. The summed E-state index contributed by atoms with van der Waals surface area (Å²) in [7, 11) is 0. The molecule has 0 unspecified atom stereocenters. The van der Waals surface area contributed by atoms with Gasteiger partial charge in [0.05, 0.1) is 45.5 Å². The van der Waals surface area contributed by atoms with Crippen molar-refractivity contribution in [3.05, 3.63) is 162 Å². The van der Waals surface area contributed by atoms with E-state index in [1.807, 2.05) is 36.4 Å². The Morgan fingerprint density at radius 2 is 1.25 bits per heavy atom. The second-order valence-electron chi connectivity index (χ2n) is 12.3. The SMILES string of the molecule is N#Cc1cc(-c2ccccc2-c2ccccc2-n2c3c(c4ccccc42)C=CCC3)cc(-n2c3ccccc3c3c(C#N)cccc32)c1. The van der Waals surface area contributed by atoms with E-state index in [0.717, 1.165) is 68.3 Å². The Balaban J connectivity index is 1.29. The van der Waals surface area contributed by atoms with E-state index in [1.54, 1.807) is 0 Å². The average molecular weight is 613 g/mol. The molecule has 0 N–H and O–H groups in total. The van der Waals surface area contributed by atoms with Crippen molar-refractivity contribution in [2.45, 2.75) is 12.8 Å². The summed E-state index contributed by atoms with van der Waals surface area (Å²) in [5, 5.41) is 23.5. The van der Waals surface area contributed by atoms with Crippen molar-refractivity contribution in [2.24, 2.45) is 0 Å². The van der Waals surface area contributed by atoms with Gasteiger partial charge < -0.3 is 9.13 Å². The smallest absolute Gasteiger partial charge is 0.0998 e. The predicted molar refractivity (Wildman–Crippen MR) is 195 cm³/mol. The molecule has 0 spiro atoms. The number of fused-ring (bicyclic) bond motifs is 6. The van der Waals surface area contributed by atoms with Crippen LogP contribution >= 0.6 is 0 Å². The maximum Gasteiger partial charge on any atom is 0.0998 e. The topological polar surface area (TPSA) is 57.4 Å². The molecule has 4 heteroatoms. The van der Waals surface area contributed by atoms with Crippen molar-refractivity contribution in [3.8, 4) is 45.8 Å². The molecular weight excluding hydrogens is 585 g/mol. The van der Waals surface area contributed by atoms with Gasteiger partial charge in [0, 0.05) is 38.7 Å². The minimum absolute atomic E-state index is 0.574. The van der Waals surface area contributed by atoms with E-state index >= 15 is 0 Å². The number of aromatic nitrogens is 2. The van der Waals surface area contributed by atoms with Crippen LogP contribution in [0, 0.1) is 22.7 Å². The Hall–Kier alpha value is -6.62. The van der Waals surface area contributed by atoms with Crippen LogP contribution in [-0.4, -0.2) is 9.13 Å². The summed E-state index contributed by atoms with van der Waals surface area (Å²) < 4.78 is 4.63. The van der Waals surface area contributed by atoms with Gasteiger partial charge in [-0.1, -0.05) is 97.1 Å². The Morgan fingerprint density at radius 3 is 2.06 bits per heavy atom. The van der Waals surface area contributed by atoms with E-state index < -0.39 is 0 Å². The third-order valence-electron chi connectivity index (χ3n) is 9.64. The van der Waals surface area contributed by atoms with Crippen LogP contribution in [0.2, 0.25) is 0 Å². The predicted octanol–water partition coefficient (Wildman–Crippen LogP) is 10.8. The van der Waals surface area contributed by atoms with Gasteiger partial charge in [0.2, 0.25) is 0 Å². The fourth-order valence-corrected chi connectivity index (χ4v) is 7.66. The minimum atomic E-state index is 0.574. The largest absolute Gasteiger partial charge is 0.312 e. The van der Waals surface area contributed by atoms with Gasteiger partial charge in [-0.2, -0.15) is 10.5 Å². The van der Waals surface area contributed by atoms with Crippen LogP contribution in [0.3, 0.4) is 0 Å². The number of benzene rings is 6. The van der Waals surface area contributed by atoms with Crippen molar-refractivity contribution in [1.82, 2.24) is 9.13 Å². The van der Waals surface area contributed by atoms with Gasteiger partial charge in [-0.15, -0.1) is 0 Å². The first-order chi connectivity index (χ1) is 23.7. The van der Waals surface area contributed by atoms with E-state index in [-0.39, 0.29) is 0 Å². The lowest BCUT2D eigenvalue weighted by molar-refractivity contribution is 0.889. The van der Waals surface area contributed by atoms with Crippen molar-refractivity contribution >= 4 is 38.8 Å². The normalized spacial score (nSPS) is 12.3. The number of allylic oxidation sites excluding steroid dienone is 1. The van der Waals surface area contributed by atoms with Crippen LogP contribution < -0.4 is 0 Å². The highest BCUT2D eigenvalue weighted by molar-refractivity contribution is 6.12. The van der Waals surface area contributed by atoms with Crippen LogP contribution in [0.25, 0.3) is 72.4 Å². The highest BCUT2D eigenvalue weighted by atomic mass is 15.0. The lowest BCUT2D eigenvalue weighted by Gasteiger charge is -2.19. The lowest BCUT2D eigenvalue weighted by Crippen LogP contribution is -2.05. The number of hydrogen-bond donors (Lipinski definition) is 0. The Bertz CT molecular complexity index is 2700. The maximum atomic E-state index is 10.3. The van der Waals surface area contributed by atoms with Gasteiger partial charge >= 0.3 is 0 Å². The summed E-state index contributed by atoms with van der Waals surface area (Å²) in [6.45, 7) is 0.